The molecule has 242 valence electrons. The number of hydrogen-bond donors (Lipinski definition) is 1. The minimum atomic E-state index is -4.76. The standard InChI is InChI=1S/C32H34Cl2F3N3O4S/c1-2-29(31(42)38-23-12-5-3-6-13-23)39(20-26-27(33)17-10-18-28(26)34)30(41)21-40(45(43,44)25-15-7-4-8-16-25)24-14-9-11-22(19-24)32(35,36)37/h4,7-11,14-19,23,29H,2-3,5-6,12-13,20-21H2,1H3,(H,38,42)/t29-/m0/s1. The summed E-state index contributed by atoms with van der Waals surface area (Å²) in [4.78, 5) is 28.9. The highest BCUT2D eigenvalue weighted by atomic mass is 35.5. The van der Waals surface area contributed by atoms with E-state index in [1.807, 2.05) is 0 Å². The highest BCUT2D eigenvalue weighted by molar-refractivity contribution is 7.92. The average Bonchev–Trinajstić information content (AvgIpc) is 3.01. The molecule has 45 heavy (non-hydrogen) atoms. The highest BCUT2D eigenvalue weighted by Crippen LogP contribution is 2.34. The van der Waals surface area contributed by atoms with Crippen LogP contribution in [0.25, 0.3) is 0 Å². The predicted octanol–water partition coefficient (Wildman–Crippen LogP) is 7.46. The summed E-state index contributed by atoms with van der Waals surface area (Å²) >= 11 is 12.9. The van der Waals surface area contributed by atoms with Gasteiger partial charge in [0.05, 0.1) is 16.1 Å². The Bertz CT molecular complexity index is 1580. The predicted molar refractivity (Wildman–Crippen MR) is 169 cm³/mol. The van der Waals surface area contributed by atoms with Gasteiger partial charge in [0.1, 0.15) is 12.6 Å². The van der Waals surface area contributed by atoms with Crippen LogP contribution >= 0.6 is 23.2 Å². The maximum absolute atomic E-state index is 14.2. The maximum Gasteiger partial charge on any atom is 0.416 e. The van der Waals surface area contributed by atoms with Crippen molar-refractivity contribution in [1.82, 2.24) is 10.2 Å². The van der Waals surface area contributed by atoms with Crippen LogP contribution in [0.2, 0.25) is 10.0 Å². The number of nitrogens with zero attached hydrogens (tertiary/aromatic N) is 2. The summed E-state index contributed by atoms with van der Waals surface area (Å²) in [6.45, 7) is 0.578. The SMILES string of the molecule is CC[C@@H](C(=O)NC1CCCCC1)N(Cc1c(Cl)cccc1Cl)C(=O)CN(c1cccc(C(F)(F)F)c1)S(=O)(=O)c1ccccc1. The van der Waals surface area contributed by atoms with Gasteiger partial charge in [-0.15, -0.1) is 0 Å². The number of carbonyl (C=O) groups excluding carboxylic acids is 2. The third-order valence-electron chi connectivity index (χ3n) is 7.80. The molecule has 0 unspecified atom stereocenters. The van der Waals surface area contributed by atoms with E-state index in [0.29, 0.717) is 15.9 Å². The number of anilines is 1. The molecule has 0 bridgehead atoms. The summed E-state index contributed by atoms with van der Waals surface area (Å²) in [6.07, 6.45) is -0.0105. The van der Waals surface area contributed by atoms with E-state index in [9.17, 15) is 31.2 Å². The van der Waals surface area contributed by atoms with E-state index in [0.717, 1.165) is 44.2 Å². The van der Waals surface area contributed by atoms with Gasteiger partial charge in [-0.25, -0.2) is 8.42 Å². The molecule has 4 rings (SSSR count). The second-order valence-corrected chi connectivity index (χ2v) is 13.5. The first kappa shape index (κ1) is 34.6. The zero-order valence-corrected chi connectivity index (χ0v) is 26.9. The fraction of sp³-hybridized carbons (Fsp3) is 0.375. The van der Waals surface area contributed by atoms with Gasteiger partial charge in [-0.3, -0.25) is 13.9 Å². The number of carbonyl (C=O) groups is 2. The van der Waals surface area contributed by atoms with Gasteiger partial charge in [-0.2, -0.15) is 13.2 Å². The van der Waals surface area contributed by atoms with E-state index in [4.69, 9.17) is 23.2 Å². The minimum absolute atomic E-state index is 0.0683. The van der Waals surface area contributed by atoms with E-state index in [2.05, 4.69) is 5.32 Å². The molecule has 7 nitrogen and oxygen atoms in total. The van der Waals surface area contributed by atoms with Gasteiger partial charge in [0.15, 0.2) is 0 Å². The van der Waals surface area contributed by atoms with Crippen molar-refractivity contribution in [3.05, 3.63) is 94.0 Å². The largest absolute Gasteiger partial charge is 0.416 e. The number of sulfonamides is 1. The quantitative estimate of drug-likeness (QED) is 0.227. The molecule has 1 aliphatic rings. The molecular weight excluding hydrogens is 650 g/mol. The van der Waals surface area contributed by atoms with Gasteiger partial charge in [-0.1, -0.05) is 79.7 Å². The van der Waals surface area contributed by atoms with Crippen molar-refractivity contribution in [3.8, 4) is 0 Å². The fourth-order valence-electron chi connectivity index (χ4n) is 5.40. The molecule has 0 radical (unpaired) electrons. The molecule has 1 saturated carbocycles. The number of benzene rings is 3. The van der Waals surface area contributed by atoms with Gasteiger partial charge >= 0.3 is 6.18 Å². The number of halogens is 5. The van der Waals surface area contributed by atoms with Gasteiger partial charge in [-0.05, 0) is 61.7 Å². The topological polar surface area (TPSA) is 86.8 Å². The molecule has 0 spiro atoms. The third kappa shape index (κ3) is 8.51. The summed E-state index contributed by atoms with van der Waals surface area (Å²) in [7, 11) is -4.54. The summed E-state index contributed by atoms with van der Waals surface area (Å²) in [5.74, 6) is -1.24. The van der Waals surface area contributed by atoms with Crippen LogP contribution in [0.3, 0.4) is 0 Å². The van der Waals surface area contributed by atoms with Gasteiger partial charge < -0.3 is 10.2 Å². The van der Waals surface area contributed by atoms with Crippen molar-refractivity contribution < 1.29 is 31.2 Å². The molecule has 0 saturated heterocycles. The molecule has 13 heteroatoms. The first-order chi connectivity index (χ1) is 21.3. The monoisotopic (exact) mass is 683 g/mol. The Morgan fingerprint density at radius 2 is 1.56 bits per heavy atom. The van der Waals surface area contributed by atoms with E-state index in [1.54, 1.807) is 31.2 Å². The number of hydrogen-bond acceptors (Lipinski definition) is 4. The van der Waals surface area contributed by atoms with Crippen molar-refractivity contribution in [1.29, 1.82) is 0 Å². The summed E-state index contributed by atoms with van der Waals surface area (Å²) in [6, 6.07) is 14.5. The minimum Gasteiger partial charge on any atom is -0.352 e. The van der Waals surface area contributed by atoms with Gasteiger partial charge in [0.25, 0.3) is 10.0 Å². The fourth-order valence-corrected chi connectivity index (χ4v) is 7.35. The Morgan fingerprint density at radius 3 is 2.16 bits per heavy atom. The lowest BCUT2D eigenvalue weighted by molar-refractivity contribution is -0.140. The molecule has 2 amide bonds. The van der Waals surface area contributed by atoms with E-state index in [-0.39, 0.29) is 39.6 Å². The zero-order chi connectivity index (χ0) is 32.8. The summed E-state index contributed by atoms with van der Waals surface area (Å²) in [5.41, 5.74) is -1.11. The van der Waals surface area contributed by atoms with Crippen molar-refractivity contribution in [2.45, 2.75) is 75.1 Å². The van der Waals surface area contributed by atoms with Crippen LogP contribution in [0, 0.1) is 0 Å². The molecule has 1 aliphatic carbocycles. The van der Waals surface area contributed by atoms with Gasteiger partial charge in [0, 0.05) is 28.2 Å². The van der Waals surface area contributed by atoms with Crippen molar-refractivity contribution in [2.75, 3.05) is 10.8 Å². The molecule has 1 atom stereocenters. The third-order valence-corrected chi connectivity index (χ3v) is 10.3. The smallest absolute Gasteiger partial charge is 0.352 e. The first-order valence-electron chi connectivity index (χ1n) is 14.6. The lowest BCUT2D eigenvalue weighted by Crippen LogP contribution is -2.54. The molecule has 3 aromatic rings. The van der Waals surface area contributed by atoms with Crippen molar-refractivity contribution in [3.63, 3.8) is 0 Å². The Hall–Kier alpha value is -3.28. The van der Waals surface area contributed by atoms with Gasteiger partial charge in [0.2, 0.25) is 11.8 Å². The molecule has 3 aromatic carbocycles. The lowest BCUT2D eigenvalue weighted by atomic mass is 9.95. The number of alkyl halides is 3. The molecule has 0 heterocycles. The Balaban J connectivity index is 1.77. The molecule has 0 aliphatic heterocycles. The van der Waals surface area contributed by atoms with E-state index < -0.39 is 46.2 Å². The van der Waals surface area contributed by atoms with E-state index in [1.165, 1.54) is 35.2 Å². The summed E-state index contributed by atoms with van der Waals surface area (Å²) in [5, 5.41) is 3.49. The Labute approximate surface area is 271 Å². The first-order valence-corrected chi connectivity index (χ1v) is 16.8. The highest BCUT2D eigenvalue weighted by Gasteiger charge is 2.36. The van der Waals surface area contributed by atoms with Crippen LogP contribution in [0.5, 0.6) is 0 Å². The molecule has 1 N–H and O–H groups in total. The molecule has 1 fully saturated rings. The van der Waals surface area contributed by atoms with Crippen LogP contribution < -0.4 is 9.62 Å². The maximum atomic E-state index is 14.2. The van der Waals surface area contributed by atoms with Crippen LogP contribution in [-0.4, -0.2) is 43.8 Å². The number of amides is 2. The van der Waals surface area contributed by atoms with E-state index >= 15 is 0 Å². The van der Waals surface area contributed by atoms with Crippen molar-refractivity contribution in [2.24, 2.45) is 0 Å². The van der Waals surface area contributed by atoms with Crippen LogP contribution in [0.15, 0.2) is 77.7 Å². The lowest BCUT2D eigenvalue weighted by Gasteiger charge is -2.35. The molecular formula is C32H34Cl2F3N3O4S. The number of rotatable bonds is 11. The Morgan fingerprint density at radius 1 is 0.933 bits per heavy atom. The second-order valence-electron chi connectivity index (χ2n) is 10.9. The van der Waals surface area contributed by atoms with Crippen LogP contribution in [0.4, 0.5) is 18.9 Å². The molecule has 0 aromatic heterocycles. The Kier molecular flexibility index (Phi) is 11.4. The summed E-state index contributed by atoms with van der Waals surface area (Å²) < 4.78 is 69.5. The zero-order valence-electron chi connectivity index (χ0n) is 24.6. The van der Waals surface area contributed by atoms with Crippen LogP contribution in [-0.2, 0) is 32.3 Å². The second kappa shape index (κ2) is 14.9. The number of nitrogens with one attached hydrogen (secondary N) is 1. The van der Waals surface area contributed by atoms with Crippen molar-refractivity contribution >= 4 is 50.7 Å². The normalized spacial score (nSPS) is 14.9. The van der Waals surface area contributed by atoms with Crippen LogP contribution in [0.1, 0.15) is 56.6 Å². The average molecular weight is 685 g/mol.